The number of alkyl halides is 3. The summed E-state index contributed by atoms with van der Waals surface area (Å²) in [5, 5.41) is 2.47. The number of morpholine rings is 1. The van der Waals surface area contributed by atoms with Crippen molar-refractivity contribution in [2.45, 2.75) is 25.3 Å². The maximum atomic E-state index is 12.0. The van der Waals surface area contributed by atoms with E-state index in [1.807, 2.05) is 0 Å². The molecule has 0 amide bonds. The van der Waals surface area contributed by atoms with E-state index in [0.29, 0.717) is 4.99 Å². The number of hydrogen-bond acceptors (Lipinski definition) is 2. The van der Waals surface area contributed by atoms with Crippen molar-refractivity contribution in [2.24, 2.45) is 0 Å². The lowest BCUT2D eigenvalue weighted by atomic mass is 10.2. The van der Waals surface area contributed by atoms with E-state index in [9.17, 15) is 13.2 Å². The summed E-state index contributed by atoms with van der Waals surface area (Å²) in [6.45, 7) is 1.21. The summed E-state index contributed by atoms with van der Waals surface area (Å²) in [4.78, 5) is 0.329. The molecule has 70 valence electrons. The monoisotopic (exact) mass is 199 g/mol. The number of rotatable bonds is 0. The highest BCUT2D eigenvalue weighted by Gasteiger charge is 2.43. The fourth-order valence-corrected chi connectivity index (χ4v) is 1.03. The number of halogens is 3. The molecule has 1 aliphatic heterocycles. The third-order valence-electron chi connectivity index (χ3n) is 1.56. The first kappa shape index (κ1) is 9.73. The van der Waals surface area contributed by atoms with E-state index in [1.165, 1.54) is 6.92 Å². The molecule has 1 saturated heterocycles. The van der Waals surface area contributed by atoms with Gasteiger partial charge in [-0.05, 0) is 6.92 Å². The van der Waals surface area contributed by atoms with Crippen molar-refractivity contribution >= 4 is 17.2 Å². The van der Waals surface area contributed by atoms with Gasteiger partial charge in [-0.1, -0.05) is 12.2 Å². The van der Waals surface area contributed by atoms with Crippen molar-refractivity contribution in [1.82, 2.24) is 5.32 Å². The minimum atomic E-state index is -4.31. The average Bonchev–Trinajstić information content (AvgIpc) is 1.92. The number of hydrogen-bond donors (Lipinski definition) is 1. The Labute approximate surface area is 73.1 Å². The molecule has 2 atom stereocenters. The normalized spacial score (nSPS) is 31.5. The zero-order valence-electron chi connectivity index (χ0n) is 6.31. The van der Waals surface area contributed by atoms with E-state index >= 15 is 0 Å². The Bertz CT molecular complexity index is 194. The predicted octanol–water partition coefficient (Wildman–Crippen LogP) is 1.25. The summed E-state index contributed by atoms with van der Waals surface area (Å²) in [6.07, 6.45) is -6.70. The van der Waals surface area contributed by atoms with Crippen LogP contribution in [0.2, 0.25) is 0 Å². The molecule has 0 aromatic rings. The van der Waals surface area contributed by atoms with Crippen LogP contribution in [-0.2, 0) is 4.74 Å². The van der Waals surface area contributed by atoms with Crippen molar-refractivity contribution in [1.29, 1.82) is 0 Å². The van der Waals surface area contributed by atoms with Crippen molar-refractivity contribution in [3.63, 3.8) is 0 Å². The second kappa shape index (κ2) is 3.18. The highest BCUT2D eigenvalue weighted by atomic mass is 32.1. The zero-order valence-corrected chi connectivity index (χ0v) is 7.13. The maximum Gasteiger partial charge on any atom is 0.416 e. The Kier molecular flexibility index (Phi) is 2.58. The van der Waals surface area contributed by atoms with Crippen molar-refractivity contribution in [2.75, 3.05) is 6.54 Å². The number of ether oxygens (including phenoxy) is 1. The summed E-state index contributed by atoms with van der Waals surface area (Å²) in [5.74, 6) is 0. The van der Waals surface area contributed by atoms with Crippen LogP contribution in [0.1, 0.15) is 6.92 Å². The Morgan fingerprint density at radius 2 is 2.17 bits per heavy atom. The molecule has 0 saturated carbocycles. The Hall–Kier alpha value is -0.360. The molecule has 12 heavy (non-hydrogen) atoms. The molecule has 0 aliphatic carbocycles. The van der Waals surface area contributed by atoms with Crippen LogP contribution >= 0.6 is 12.2 Å². The van der Waals surface area contributed by atoms with Gasteiger partial charge in [0.25, 0.3) is 0 Å². The van der Waals surface area contributed by atoms with E-state index in [2.05, 4.69) is 10.1 Å². The molecule has 1 aliphatic rings. The summed E-state index contributed by atoms with van der Waals surface area (Å²) in [6, 6.07) is 0. The van der Waals surface area contributed by atoms with E-state index in [-0.39, 0.29) is 6.54 Å². The fraction of sp³-hybridized carbons (Fsp3) is 0.833. The van der Waals surface area contributed by atoms with Gasteiger partial charge in [0.05, 0.1) is 6.54 Å². The van der Waals surface area contributed by atoms with Crippen LogP contribution in [0.3, 0.4) is 0 Å². The third-order valence-corrected chi connectivity index (χ3v) is 2.04. The molecule has 0 bridgehead atoms. The summed E-state index contributed by atoms with van der Waals surface area (Å²) < 4.78 is 40.7. The van der Waals surface area contributed by atoms with Gasteiger partial charge in [-0.25, -0.2) is 0 Å². The Morgan fingerprint density at radius 3 is 2.58 bits per heavy atom. The van der Waals surface area contributed by atoms with Crippen LogP contribution in [0.4, 0.5) is 13.2 Å². The first-order valence-corrected chi connectivity index (χ1v) is 3.82. The topological polar surface area (TPSA) is 21.3 Å². The quantitative estimate of drug-likeness (QED) is 0.593. The fourth-order valence-electron chi connectivity index (χ4n) is 0.886. The molecular weight excluding hydrogens is 191 g/mol. The van der Waals surface area contributed by atoms with Crippen LogP contribution in [0.5, 0.6) is 0 Å². The SMILES string of the molecule is C[C@@H]1O[C@@H](C(F)(F)F)CNC1=S. The largest absolute Gasteiger partial charge is 0.416 e. The standard InChI is InChI=1S/C6H8F3NOS/c1-3-5(12)10-2-4(11-3)6(7,8)9/h3-4H,2H2,1H3,(H,10,12)/t3-,4+/m0/s1. The minimum absolute atomic E-state index is 0.285. The lowest BCUT2D eigenvalue weighted by Gasteiger charge is -2.30. The van der Waals surface area contributed by atoms with Crippen LogP contribution in [-0.4, -0.2) is 29.9 Å². The Balaban J connectivity index is 2.57. The molecule has 0 aromatic heterocycles. The second-order valence-corrected chi connectivity index (χ2v) is 2.99. The predicted molar refractivity (Wildman–Crippen MR) is 41.0 cm³/mol. The van der Waals surface area contributed by atoms with E-state index in [1.54, 1.807) is 0 Å². The average molecular weight is 199 g/mol. The molecule has 1 fully saturated rings. The molecular formula is C6H8F3NOS. The van der Waals surface area contributed by atoms with Crippen LogP contribution < -0.4 is 5.32 Å². The Morgan fingerprint density at radius 1 is 1.58 bits per heavy atom. The summed E-state index contributed by atoms with van der Waals surface area (Å²) in [5.41, 5.74) is 0. The number of nitrogens with one attached hydrogen (secondary N) is 1. The molecule has 0 aromatic carbocycles. The molecule has 2 nitrogen and oxygen atoms in total. The lowest BCUT2D eigenvalue weighted by molar-refractivity contribution is -0.226. The molecule has 1 heterocycles. The van der Waals surface area contributed by atoms with Crippen molar-refractivity contribution in [3.05, 3.63) is 0 Å². The van der Waals surface area contributed by atoms with Gasteiger partial charge in [0.2, 0.25) is 0 Å². The molecule has 0 spiro atoms. The van der Waals surface area contributed by atoms with Crippen molar-refractivity contribution in [3.8, 4) is 0 Å². The van der Waals surface area contributed by atoms with Crippen LogP contribution in [0, 0.1) is 0 Å². The van der Waals surface area contributed by atoms with Gasteiger partial charge in [-0.2, -0.15) is 13.2 Å². The maximum absolute atomic E-state index is 12.0. The molecule has 6 heteroatoms. The van der Waals surface area contributed by atoms with Gasteiger partial charge >= 0.3 is 6.18 Å². The second-order valence-electron chi connectivity index (χ2n) is 2.55. The molecule has 0 unspecified atom stereocenters. The molecule has 1 N–H and O–H groups in total. The first-order chi connectivity index (χ1) is 5.41. The van der Waals surface area contributed by atoms with Gasteiger partial charge in [0.15, 0.2) is 6.10 Å². The molecule has 0 radical (unpaired) electrons. The van der Waals surface area contributed by atoms with Gasteiger partial charge in [0, 0.05) is 0 Å². The van der Waals surface area contributed by atoms with Gasteiger partial charge in [-0.3, -0.25) is 0 Å². The first-order valence-electron chi connectivity index (χ1n) is 3.41. The molecule has 1 rings (SSSR count). The summed E-state index contributed by atoms with van der Waals surface area (Å²) in [7, 11) is 0. The van der Waals surface area contributed by atoms with Crippen LogP contribution in [0.25, 0.3) is 0 Å². The van der Waals surface area contributed by atoms with E-state index < -0.39 is 18.4 Å². The highest BCUT2D eigenvalue weighted by molar-refractivity contribution is 7.80. The summed E-state index contributed by atoms with van der Waals surface area (Å²) >= 11 is 4.70. The number of thiocarbonyl (C=S) groups is 1. The van der Waals surface area contributed by atoms with E-state index in [0.717, 1.165) is 0 Å². The lowest BCUT2D eigenvalue weighted by Crippen LogP contribution is -2.52. The van der Waals surface area contributed by atoms with Crippen molar-refractivity contribution < 1.29 is 17.9 Å². The smallest absolute Gasteiger partial charge is 0.375 e. The third kappa shape index (κ3) is 2.07. The van der Waals surface area contributed by atoms with Gasteiger partial charge < -0.3 is 10.1 Å². The highest BCUT2D eigenvalue weighted by Crippen LogP contribution is 2.25. The van der Waals surface area contributed by atoms with E-state index in [4.69, 9.17) is 12.2 Å². The van der Waals surface area contributed by atoms with Gasteiger partial charge in [-0.15, -0.1) is 0 Å². The minimum Gasteiger partial charge on any atom is -0.375 e. The van der Waals surface area contributed by atoms with Gasteiger partial charge in [0.1, 0.15) is 11.1 Å². The zero-order chi connectivity index (χ0) is 9.35. The van der Waals surface area contributed by atoms with Crippen LogP contribution in [0.15, 0.2) is 0 Å².